The van der Waals surface area contributed by atoms with E-state index in [1.54, 1.807) is 31.2 Å². The predicted octanol–water partition coefficient (Wildman–Crippen LogP) is 4.14. The van der Waals surface area contributed by atoms with Gasteiger partial charge in [-0.05, 0) is 42.8 Å². The summed E-state index contributed by atoms with van der Waals surface area (Å²) in [5, 5.41) is 9.44. The first-order valence-corrected chi connectivity index (χ1v) is 5.72. The Kier molecular flexibility index (Phi) is 3.53. The van der Waals surface area contributed by atoms with Gasteiger partial charge in [0.05, 0.1) is 10.6 Å². The minimum atomic E-state index is -0.947. The molecule has 18 heavy (non-hydrogen) atoms. The largest absolute Gasteiger partial charge is 0.478 e. The Morgan fingerprint density at radius 3 is 2.56 bits per heavy atom. The van der Waals surface area contributed by atoms with Crippen LogP contribution in [0.25, 0.3) is 0 Å². The summed E-state index contributed by atoms with van der Waals surface area (Å²) >= 11 is 5.98. The van der Waals surface area contributed by atoms with Gasteiger partial charge < -0.3 is 9.84 Å². The summed E-state index contributed by atoms with van der Waals surface area (Å²) in [4.78, 5) is 10.9. The molecule has 0 amide bonds. The molecule has 0 fully saturated rings. The van der Waals surface area contributed by atoms with Gasteiger partial charge in [-0.2, -0.15) is 0 Å². The van der Waals surface area contributed by atoms with Gasteiger partial charge >= 0.3 is 5.97 Å². The summed E-state index contributed by atoms with van der Waals surface area (Å²) in [6, 6.07) is 11.9. The van der Waals surface area contributed by atoms with Crippen molar-refractivity contribution < 1.29 is 14.6 Å². The lowest BCUT2D eigenvalue weighted by atomic mass is 10.1. The number of para-hydroxylation sites is 1. The lowest BCUT2D eigenvalue weighted by molar-refractivity contribution is 0.0696. The van der Waals surface area contributed by atoms with Crippen molar-refractivity contribution >= 4 is 17.6 Å². The molecule has 0 aliphatic heterocycles. The van der Waals surface area contributed by atoms with Gasteiger partial charge in [0.25, 0.3) is 0 Å². The zero-order valence-electron chi connectivity index (χ0n) is 9.68. The molecule has 0 spiro atoms. The Labute approximate surface area is 110 Å². The fourth-order valence-corrected chi connectivity index (χ4v) is 1.77. The van der Waals surface area contributed by atoms with E-state index in [2.05, 4.69) is 0 Å². The second kappa shape index (κ2) is 5.10. The van der Waals surface area contributed by atoms with Crippen LogP contribution in [0, 0.1) is 6.92 Å². The van der Waals surface area contributed by atoms with Gasteiger partial charge in [-0.1, -0.05) is 23.7 Å². The highest BCUT2D eigenvalue weighted by Crippen LogP contribution is 2.29. The first-order valence-electron chi connectivity index (χ1n) is 5.34. The normalized spacial score (nSPS) is 10.1. The molecule has 0 aliphatic rings. The maximum atomic E-state index is 10.9. The quantitative estimate of drug-likeness (QED) is 0.904. The summed E-state index contributed by atoms with van der Waals surface area (Å²) in [7, 11) is 0. The van der Waals surface area contributed by atoms with Crippen molar-refractivity contribution in [2.75, 3.05) is 0 Å². The molecule has 2 aromatic carbocycles. The number of aryl methyl sites for hydroxylation is 1. The second-order valence-corrected chi connectivity index (χ2v) is 4.22. The summed E-state index contributed by atoms with van der Waals surface area (Å²) in [5.74, 6) is 0.157. The molecule has 0 radical (unpaired) electrons. The SMILES string of the molecule is Cc1cc(Oc2ccccc2Cl)ccc1C(=O)O. The zero-order chi connectivity index (χ0) is 13.1. The van der Waals surface area contributed by atoms with Gasteiger partial charge in [0.1, 0.15) is 11.5 Å². The van der Waals surface area contributed by atoms with Crippen molar-refractivity contribution in [2.24, 2.45) is 0 Å². The minimum Gasteiger partial charge on any atom is -0.478 e. The van der Waals surface area contributed by atoms with Crippen molar-refractivity contribution in [2.45, 2.75) is 6.92 Å². The summed E-state index contributed by atoms with van der Waals surface area (Å²) in [6.45, 7) is 1.73. The highest BCUT2D eigenvalue weighted by Gasteiger charge is 2.08. The molecular formula is C14H11ClO3. The van der Waals surface area contributed by atoms with Crippen molar-refractivity contribution in [1.82, 2.24) is 0 Å². The Morgan fingerprint density at radius 1 is 1.22 bits per heavy atom. The number of rotatable bonds is 3. The number of carboxylic acids is 1. The molecule has 4 heteroatoms. The fraction of sp³-hybridized carbons (Fsp3) is 0.0714. The molecule has 0 aliphatic carbocycles. The van der Waals surface area contributed by atoms with E-state index in [1.807, 2.05) is 12.1 Å². The number of hydrogen-bond acceptors (Lipinski definition) is 2. The van der Waals surface area contributed by atoms with Crippen LogP contribution in [0.1, 0.15) is 15.9 Å². The number of halogens is 1. The third kappa shape index (κ3) is 2.63. The number of carbonyl (C=O) groups is 1. The van der Waals surface area contributed by atoms with Gasteiger partial charge in [-0.15, -0.1) is 0 Å². The molecule has 0 aromatic heterocycles. The van der Waals surface area contributed by atoms with E-state index < -0.39 is 5.97 Å². The summed E-state index contributed by atoms with van der Waals surface area (Å²) in [5.41, 5.74) is 0.911. The van der Waals surface area contributed by atoms with Crippen molar-refractivity contribution in [1.29, 1.82) is 0 Å². The fourth-order valence-electron chi connectivity index (χ4n) is 1.59. The second-order valence-electron chi connectivity index (χ2n) is 3.81. The lowest BCUT2D eigenvalue weighted by Crippen LogP contribution is -1.99. The molecule has 0 heterocycles. The van der Waals surface area contributed by atoms with E-state index in [9.17, 15) is 4.79 Å². The van der Waals surface area contributed by atoms with Gasteiger partial charge in [0.15, 0.2) is 0 Å². The van der Waals surface area contributed by atoms with E-state index in [4.69, 9.17) is 21.4 Å². The third-order valence-corrected chi connectivity index (χ3v) is 2.80. The maximum absolute atomic E-state index is 10.9. The Balaban J connectivity index is 2.29. The van der Waals surface area contributed by atoms with Crippen molar-refractivity contribution in [3.8, 4) is 11.5 Å². The Hall–Kier alpha value is -2.00. The topological polar surface area (TPSA) is 46.5 Å². The lowest BCUT2D eigenvalue weighted by Gasteiger charge is -2.09. The number of aromatic carboxylic acids is 1. The van der Waals surface area contributed by atoms with Gasteiger partial charge in [-0.3, -0.25) is 0 Å². The van der Waals surface area contributed by atoms with E-state index in [-0.39, 0.29) is 5.56 Å². The van der Waals surface area contributed by atoms with E-state index >= 15 is 0 Å². The first kappa shape index (κ1) is 12.5. The van der Waals surface area contributed by atoms with Crippen LogP contribution >= 0.6 is 11.6 Å². The summed E-state index contributed by atoms with van der Waals surface area (Å²) in [6.07, 6.45) is 0. The molecule has 2 aromatic rings. The maximum Gasteiger partial charge on any atom is 0.335 e. The van der Waals surface area contributed by atoms with Gasteiger partial charge in [0.2, 0.25) is 0 Å². The molecule has 0 saturated carbocycles. The molecule has 2 rings (SSSR count). The number of hydrogen-bond donors (Lipinski definition) is 1. The van der Waals surface area contributed by atoms with Crippen LogP contribution in [-0.4, -0.2) is 11.1 Å². The van der Waals surface area contributed by atoms with Crippen LogP contribution < -0.4 is 4.74 Å². The van der Waals surface area contributed by atoms with Crippen LogP contribution in [-0.2, 0) is 0 Å². The summed E-state index contributed by atoms with van der Waals surface area (Å²) < 4.78 is 5.60. The molecule has 92 valence electrons. The highest BCUT2D eigenvalue weighted by atomic mass is 35.5. The van der Waals surface area contributed by atoms with Gasteiger partial charge in [-0.25, -0.2) is 4.79 Å². The number of carboxylic acid groups (broad SMARTS) is 1. The van der Waals surface area contributed by atoms with E-state index in [1.165, 1.54) is 6.07 Å². The van der Waals surface area contributed by atoms with Crippen molar-refractivity contribution in [3.63, 3.8) is 0 Å². The molecule has 0 atom stereocenters. The smallest absolute Gasteiger partial charge is 0.335 e. The Morgan fingerprint density at radius 2 is 1.94 bits per heavy atom. The molecule has 1 N–H and O–H groups in total. The average Bonchev–Trinajstić information content (AvgIpc) is 2.32. The first-order chi connectivity index (χ1) is 8.58. The monoisotopic (exact) mass is 262 g/mol. The number of benzene rings is 2. The molecular weight excluding hydrogens is 252 g/mol. The van der Waals surface area contributed by atoms with E-state index in [0.717, 1.165) is 0 Å². The molecule has 0 bridgehead atoms. The highest BCUT2D eigenvalue weighted by molar-refractivity contribution is 6.32. The van der Waals surface area contributed by atoms with Crippen LogP contribution in [0.15, 0.2) is 42.5 Å². The van der Waals surface area contributed by atoms with Crippen LogP contribution in [0.2, 0.25) is 5.02 Å². The zero-order valence-corrected chi connectivity index (χ0v) is 10.4. The minimum absolute atomic E-state index is 0.265. The third-order valence-electron chi connectivity index (χ3n) is 2.49. The predicted molar refractivity (Wildman–Crippen MR) is 69.7 cm³/mol. The molecule has 0 unspecified atom stereocenters. The van der Waals surface area contributed by atoms with Crippen LogP contribution in [0.5, 0.6) is 11.5 Å². The van der Waals surface area contributed by atoms with Crippen LogP contribution in [0.3, 0.4) is 0 Å². The van der Waals surface area contributed by atoms with Crippen LogP contribution in [0.4, 0.5) is 0 Å². The average molecular weight is 263 g/mol. The molecule has 3 nitrogen and oxygen atoms in total. The molecule has 0 saturated heterocycles. The van der Waals surface area contributed by atoms with E-state index in [0.29, 0.717) is 22.1 Å². The Bertz CT molecular complexity index is 593. The van der Waals surface area contributed by atoms with Crippen molar-refractivity contribution in [3.05, 3.63) is 58.6 Å². The number of ether oxygens (including phenoxy) is 1. The van der Waals surface area contributed by atoms with Gasteiger partial charge in [0, 0.05) is 0 Å². The standard InChI is InChI=1S/C14H11ClO3/c1-9-8-10(6-7-11(9)14(16)17)18-13-5-3-2-4-12(13)15/h2-8H,1H3,(H,16,17).